The molecule has 0 bridgehead atoms. The van der Waals surface area contributed by atoms with E-state index in [-0.39, 0.29) is 0 Å². The van der Waals surface area contributed by atoms with Crippen molar-refractivity contribution in [3.63, 3.8) is 0 Å². The van der Waals surface area contributed by atoms with Gasteiger partial charge in [0, 0.05) is 28.9 Å². The van der Waals surface area contributed by atoms with Gasteiger partial charge in [-0.05, 0) is 31.5 Å². The summed E-state index contributed by atoms with van der Waals surface area (Å²) >= 11 is 6.29. The summed E-state index contributed by atoms with van der Waals surface area (Å²) in [5.74, 6) is 0. The number of nitrogens with zero attached hydrogens (tertiary/aromatic N) is 1. The van der Waals surface area contributed by atoms with Crippen LogP contribution in [0.15, 0.2) is 47.5 Å². The summed E-state index contributed by atoms with van der Waals surface area (Å²) in [7, 11) is 0. The summed E-state index contributed by atoms with van der Waals surface area (Å²) < 4.78 is 0. The van der Waals surface area contributed by atoms with Crippen LogP contribution in [0.25, 0.3) is 11.1 Å². The zero-order chi connectivity index (χ0) is 13.0. The molecule has 92 valence electrons. The third kappa shape index (κ3) is 2.80. The van der Waals surface area contributed by atoms with E-state index >= 15 is 0 Å². The smallest absolute Gasteiger partial charge is 0.0484 e. The van der Waals surface area contributed by atoms with Gasteiger partial charge < -0.3 is 0 Å². The highest BCUT2D eigenvalue weighted by atomic mass is 35.5. The Kier molecular flexibility index (Phi) is 4.16. The quantitative estimate of drug-likeness (QED) is 0.704. The van der Waals surface area contributed by atoms with Crippen LogP contribution in [0, 0.1) is 6.92 Å². The molecule has 0 aliphatic heterocycles. The van der Waals surface area contributed by atoms with Crippen molar-refractivity contribution in [3.8, 4) is 11.1 Å². The minimum atomic E-state index is 0.776. The first-order valence-corrected chi connectivity index (χ1v) is 6.45. The Bertz CT molecular complexity index is 573. The molecule has 2 heteroatoms. The van der Waals surface area contributed by atoms with E-state index in [9.17, 15) is 0 Å². The van der Waals surface area contributed by atoms with Gasteiger partial charge in [-0.3, -0.25) is 4.99 Å². The fourth-order valence-electron chi connectivity index (χ4n) is 1.89. The molecule has 18 heavy (non-hydrogen) atoms. The van der Waals surface area contributed by atoms with Gasteiger partial charge in [-0.25, -0.2) is 0 Å². The highest BCUT2D eigenvalue weighted by Crippen LogP contribution is 2.30. The Hall–Kier alpha value is -1.60. The van der Waals surface area contributed by atoms with Crippen LogP contribution in [0.5, 0.6) is 0 Å². The van der Waals surface area contributed by atoms with Gasteiger partial charge in [0.25, 0.3) is 0 Å². The van der Waals surface area contributed by atoms with Crippen LogP contribution in [0.3, 0.4) is 0 Å². The Morgan fingerprint density at radius 2 is 1.89 bits per heavy atom. The van der Waals surface area contributed by atoms with E-state index in [1.54, 1.807) is 0 Å². The zero-order valence-electron chi connectivity index (χ0n) is 10.7. The first-order chi connectivity index (χ1) is 8.72. The van der Waals surface area contributed by atoms with Crippen molar-refractivity contribution in [2.45, 2.75) is 13.8 Å². The van der Waals surface area contributed by atoms with E-state index in [1.807, 2.05) is 37.4 Å². The van der Waals surface area contributed by atoms with E-state index in [4.69, 9.17) is 11.6 Å². The molecule has 0 N–H and O–H groups in total. The highest BCUT2D eigenvalue weighted by molar-refractivity contribution is 6.33. The van der Waals surface area contributed by atoms with Crippen molar-refractivity contribution in [2.75, 3.05) is 6.54 Å². The molecule has 0 saturated carbocycles. The summed E-state index contributed by atoms with van der Waals surface area (Å²) in [6, 6.07) is 14.3. The Balaban J connectivity index is 2.56. The van der Waals surface area contributed by atoms with Crippen molar-refractivity contribution in [3.05, 3.63) is 58.6 Å². The fraction of sp³-hybridized carbons (Fsp3) is 0.188. The van der Waals surface area contributed by atoms with Gasteiger partial charge in [0.1, 0.15) is 0 Å². The lowest BCUT2D eigenvalue weighted by molar-refractivity contribution is 1.14. The van der Waals surface area contributed by atoms with Crippen molar-refractivity contribution >= 4 is 17.8 Å². The van der Waals surface area contributed by atoms with E-state index in [0.717, 1.165) is 28.3 Å². The Labute approximate surface area is 113 Å². The third-order valence-corrected chi connectivity index (χ3v) is 3.12. The molecule has 2 aromatic rings. The molecule has 1 nitrogen and oxygen atoms in total. The van der Waals surface area contributed by atoms with Gasteiger partial charge in [0.15, 0.2) is 0 Å². The predicted molar refractivity (Wildman–Crippen MR) is 79.8 cm³/mol. The van der Waals surface area contributed by atoms with Crippen LogP contribution in [0.4, 0.5) is 0 Å². The van der Waals surface area contributed by atoms with Crippen molar-refractivity contribution in [2.24, 2.45) is 4.99 Å². The monoisotopic (exact) mass is 257 g/mol. The normalized spacial score (nSPS) is 11.1. The van der Waals surface area contributed by atoms with Gasteiger partial charge in [0.05, 0.1) is 0 Å². The van der Waals surface area contributed by atoms with Crippen molar-refractivity contribution < 1.29 is 0 Å². The Morgan fingerprint density at radius 1 is 1.11 bits per heavy atom. The topological polar surface area (TPSA) is 12.4 Å². The summed E-state index contributed by atoms with van der Waals surface area (Å²) in [5.41, 5.74) is 4.50. The second-order valence-electron chi connectivity index (χ2n) is 4.20. The van der Waals surface area contributed by atoms with Gasteiger partial charge in [-0.2, -0.15) is 0 Å². The number of benzene rings is 2. The van der Waals surface area contributed by atoms with E-state index in [2.05, 4.69) is 30.1 Å². The van der Waals surface area contributed by atoms with E-state index < -0.39 is 0 Å². The number of aliphatic imine (C=N–C) groups is 1. The molecule has 2 rings (SSSR count). The van der Waals surface area contributed by atoms with Crippen molar-refractivity contribution in [1.82, 2.24) is 0 Å². The molecular weight excluding hydrogens is 242 g/mol. The summed E-state index contributed by atoms with van der Waals surface area (Å²) in [6.45, 7) is 4.89. The van der Waals surface area contributed by atoms with Crippen LogP contribution in [-0.2, 0) is 0 Å². The average molecular weight is 258 g/mol. The van der Waals surface area contributed by atoms with Gasteiger partial charge >= 0.3 is 0 Å². The lowest BCUT2D eigenvalue weighted by Crippen LogP contribution is -1.90. The SMILES string of the molecule is CCN=Cc1ccccc1-c1cc(C)ccc1Cl. The van der Waals surface area contributed by atoms with Crippen LogP contribution in [0.2, 0.25) is 5.02 Å². The summed E-state index contributed by atoms with van der Waals surface area (Å²) in [6.07, 6.45) is 1.91. The lowest BCUT2D eigenvalue weighted by Gasteiger charge is -2.09. The van der Waals surface area contributed by atoms with Gasteiger partial charge in [-0.15, -0.1) is 0 Å². The molecule has 0 saturated heterocycles. The second kappa shape index (κ2) is 5.83. The average Bonchev–Trinajstić information content (AvgIpc) is 2.39. The molecule has 0 spiro atoms. The number of rotatable bonds is 3. The zero-order valence-corrected chi connectivity index (χ0v) is 11.4. The molecule has 0 unspecified atom stereocenters. The maximum absolute atomic E-state index is 6.29. The maximum Gasteiger partial charge on any atom is 0.0484 e. The standard InChI is InChI=1S/C16H16ClN/c1-3-18-11-13-6-4-5-7-14(13)15-10-12(2)8-9-16(15)17/h4-11H,3H2,1-2H3. The molecule has 2 aromatic carbocycles. The van der Waals surface area contributed by atoms with E-state index in [0.29, 0.717) is 0 Å². The minimum Gasteiger partial charge on any atom is -0.293 e. The largest absolute Gasteiger partial charge is 0.293 e. The summed E-state index contributed by atoms with van der Waals surface area (Å²) in [4.78, 5) is 4.31. The van der Waals surface area contributed by atoms with Crippen LogP contribution >= 0.6 is 11.6 Å². The first-order valence-electron chi connectivity index (χ1n) is 6.07. The second-order valence-corrected chi connectivity index (χ2v) is 4.61. The molecular formula is C16H16ClN. The first kappa shape index (κ1) is 12.8. The molecule has 0 aliphatic carbocycles. The number of aryl methyl sites for hydroxylation is 1. The Morgan fingerprint density at radius 3 is 2.67 bits per heavy atom. The van der Waals surface area contributed by atoms with Gasteiger partial charge in [-0.1, -0.05) is 47.5 Å². The number of hydrogen-bond acceptors (Lipinski definition) is 1. The molecule has 0 amide bonds. The van der Waals surface area contributed by atoms with E-state index in [1.165, 1.54) is 5.56 Å². The molecule has 0 fully saturated rings. The molecule has 0 aromatic heterocycles. The predicted octanol–water partition coefficient (Wildman–Crippen LogP) is 4.75. The van der Waals surface area contributed by atoms with Crippen LogP contribution < -0.4 is 0 Å². The fourth-order valence-corrected chi connectivity index (χ4v) is 2.11. The van der Waals surface area contributed by atoms with Crippen molar-refractivity contribution in [1.29, 1.82) is 0 Å². The van der Waals surface area contributed by atoms with Crippen LogP contribution in [0.1, 0.15) is 18.1 Å². The number of hydrogen-bond donors (Lipinski definition) is 0. The third-order valence-electron chi connectivity index (χ3n) is 2.79. The molecule has 0 aliphatic rings. The minimum absolute atomic E-state index is 0.776. The lowest BCUT2D eigenvalue weighted by atomic mass is 9.99. The highest BCUT2D eigenvalue weighted by Gasteiger charge is 2.07. The molecule has 0 heterocycles. The summed E-state index contributed by atoms with van der Waals surface area (Å²) in [5, 5.41) is 0.776. The molecule has 0 radical (unpaired) electrons. The van der Waals surface area contributed by atoms with Crippen LogP contribution in [-0.4, -0.2) is 12.8 Å². The van der Waals surface area contributed by atoms with Gasteiger partial charge in [0.2, 0.25) is 0 Å². The molecule has 0 atom stereocenters. The number of halogens is 1. The maximum atomic E-state index is 6.29.